The minimum atomic E-state index is -0.440. The van der Waals surface area contributed by atoms with Crippen LogP contribution in [0.25, 0.3) is 103 Å². The molecule has 0 spiro atoms. The van der Waals surface area contributed by atoms with Crippen molar-refractivity contribution in [3.63, 3.8) is 0 Å². The normalized spacial score (nSPS) is 12.7. The standard InChI is InChI=1S/C62H42N2/c63-59(52-27-13-8-20-45(52)41-16-2-1-3-17-41)38-60(57-37-58-50-25-10-9-23-48(50)49-24-11-14-28-53(49)62(58)54-29-15-12-26-51(54)57)64-39-40-30-32-43(33-31-40)61-47-22-7-5-19-44(47)36-56-46-21-6-4-18-42(46)34-35-55(56)61/h1-39,59H,63H2/b60-38-,64-39?. The van der Waals surface area contributed by atoms with Crippen molar-refractivity contribution in [1.82, 2.24) is 0 Å². The van der Waals surface area contributed by atoms with Crippen LogP contribution in [-0.4, -0.2) is 6.21 Å². The Balaban J connectivity index is 1.04. The van der Waals surface area contributed by atoms with Crippen molar-refractivity contribution in [1.29, 1.82) is 0 Å². The second-order valence-corrected chi connectivity index (χ2v) is 16.7. The maximum atomic E-state index is 7.32. The summed E-state index contributed by atoms with van der Waals surface area (Å²) in [6.45, 7) is 0. The molecule has 0 aliphatic carbocycles. The fourth-order valence-corrected chi connectivity index (χ4v) is 10.1. The summed E-state index contributed by atoms with van der Waals surface area (Å²) in [5.41, 5.74) is 15.9. The second kappa shape index (κ2) is 15.6. The number of nitrogens with two attached hydrogens (primary N) is 1. The first-order valence-electron chi connectivity index (χ1n) is 22.0. The number of hydrogen-bond acceptors (Lipinski definition) is 2. The Hall–Kier alpha value is -8.17. The number of hydrogen-bond donors (Lipinski definition) is 1. The predicted molar refractivity (Wildman–Crippen MR) is 275 cm³/mol. The third kappa shape index (κ3) is 6.35. The molecule has 0 radical (unpaired) electrons. The van der Waals surface area contributed by atoms with Gasteiger partial charge in [0.2, 0.25) is 0 Å². The molecule has 12 aromatic rings. The van der Waals surface area contributed by atoms with Crippen LogP contribution in [0.15, 0.2) is 236 Å². The van der Waals surface area contributed by atoms with Crippen molar-refractivity contribution < 1.29 is 0 Å². The molecule has 0 aromatic heterocycles. The molecule has 0 saturated heterocycles. The lowest BCUT2D eigenvalue weighted by molar-refractivity contribution is 0.914. The van der Waals surface area contributed by atoms with Gasteiger partial charge in [0.25, 0.3) is 0 Å². The minimum Gasteiger partial charge on any atom is -0.321 e. The van der Waals surface area contributed by atoms with E-state index in [0.717, 1.165) is 38.9 Å². The third-order valence-corrected chi connectivity index (χ3v) is 13.1. The zero-order chi connectivity index (χ0) is 42.6. The van der Waals surface area contributed by atoms with Crippen LogP contribution in [0, 0.1) is 0 Å². The molecule has 1 atom stereocenters. The number of aliphatic imine (C=N–C) groups is 1. The van der Waals surface area contributed by atoms with Crippen molar-refractivity contribution in [2.24, 2.45) is 10.7 Å². The van der Waals surface area contributed by atoms with Crippen molar-refractivity contribution >= 4 is 87.3 Å². The monoisotopic (exact) mass is 814 g/mol. The van der Waals surface area contributed by atoms with E-state index in [1.165, 1.54) is 81.1 Å². The van der Waals surface area contributed by atoms with Gasteiger partial charge in [0.1, 0.15) is 0 Å². The van der Waals surface area contributed by atoms with Crippen LogP contribution in [0.4, 0.5) is 0 Å². The zero-order valence-corrected chi connectivity index (χ0v) is 35.1. The highest BCUT2D eigenvalue weighted by molar-refractivity contribution is 6.32. The molecular weight excluding hydrogens is 773 g/mol. The van der Waals surface area contributed by atoms with E-state index in [4.69, 9.17) is 10.7 Å². The summed E-state index contributed by atoms with van der Waals surface area (Å²) < 4.78 is 0. The topological polar surface area (TPSA) is 38.4 Å². The zero-order valence-electron chi connectivity index (χ0n) is 35.1. The summed E-state index contributed by atoms with van der Waals surface area (Å²) in [7, 11) is 0. The average molecular weight is 815 g/mol. The Morgan fingerprint density at radius 3 is 1.70 bits per heavy atom. The van der Waals surface area contributed by atoms with E-state index in [1.807, 2.05) is 6.21 Å². The van der Waals surface area contributed by atoms with E-state index >= 15 is 0 Å². The lowest BCUT2D eigenvalue weighted by atomic mass is 9.88. The Kier molecular flexibility index (Phi) is 9.18. The molecule has 0 fully saturated rings. The van der Waals surface area contributed by atoms with Gasteiger partial charge in [-0.1, -0.05) is 212 Å². The summed E-state index contributed by atoms with van der Waals surface area (Å²) in [5.74, 6) is 0. The first-order valence-corrected chi connectivity index (χ1v) is 22.0. The Morgan fingerprint density at radius 2 is 0.953 bits per heavy atom. The van der Waals surface area contributed by atoms with Gasteiger partial charge in [0, 0.05) is 11.8 Å². The van der Waals surface area contributed by atoms with Gasteiger partial charge in [-0.3, -0.25) is 4.99 Å². The summed E-state index contributed by atoms with van der Waals surface area (Å²) in [5, 5.41) is 17.2. The van der Waals surface area contributed by atoms with Gasteiger partial charge in [0.05, 0.1) is 11.7 Å². The molecule has 0 saturated carbocycles. The van der Waals surface area contributed by atoms with E-state index in [2.05, 4.69) is 231 Å². The van der Waals surface area contributed by atoms with Gasteiger partial charge >= 0.3 is 0 Å². The van der Waals surface area contributed by atoms with E-state index in [0.29, 0.717) is 0 Å². The van der Waals surface area contributed by atoms with Crippen LogP contribution in [0.1, 0.15) is 22.7 Å². The lowest BCUT2D eigenvalue weighted by Gasteiger charge is -2.18. The molecule has 12 aromatic carbocycles. The van der Waals surface area contributed by atoms with E-state index in [9.17, 15) is 0 Å². The summed E-state index contributed by atoms with van der Waals surface area (Å²) in [6, 6.07) is 80.3. The highest BCUT2D eigenvalue weighted by Gasteiger charge is 2.18. The number of fused-ring (bicyclic) bond motifs is 12. The fraction of sp³-hybridized carbons (Fsp3) is 0.0161. The van der Waals surface area contributed by atoms with Crippen LogP contribution >= 0.6 is 0 Å². The summed E-state index contributed by atoms with van der Waals surface area (Å²) in [6.07, 6.45) is 4.15. The number of rotatable bonds is 7. The Bertz CT molecular complexity index is 3840. The molecule has 0 heterocycles. The SMILES string of the molecule is NC(/C=C(\N=Cc1ccc(-c2c3ccccc3cc3c2ccc2ccccc23)cc1)c1cc2c3ccccc3c3ccccc3c2c2ccccc12)c1ccccc1-c1ccccc1. The van der Waals surface area contributed by atoms with Crippen molar-refractivity contribution in [3.05, 3.63) is 247 Å². The van der Waals surface area contributed by atoms with Gasteiger partial charge in [-0.15, -0.1) is 0 Å². The van der Waals surface area contributed by atoms with E-state index in [1.54, 1.807) is 0 Å². The molecule has 12 rings (SSSR count). The van der Waals surface area contributed by atoms with Gasteiger partial charge in [-0.05, 0) is 127 Å². The van der Waals surface area contributed by atoms with Gasteiger partial charge < -0.3 is 5.73 Å². The van der Waals surface area contributed by atoms with Crippen LogP contribution < -0.4 is 5.73 Å². The maximum absolute atomic E-state index is 7.32. The predicted octanol–water partition coefficient (Wildman–Crippen LogP) is 16.3. The second-order valence-electron chi connectivity index (χ2n) is 16.7. The molecule has 2 nitrogen and oxygen atoms in total. The van der Waals surface area contributed by atoms with Gasteiger partial charge in [-0.25, -0.2) is 0 Å². The lowest BCUT2D eigenvalue weighted by Crippen LogP contribution is -2.09. The van der Waals surface area contributed by atoms with E-state index in [-0.39, 0.29) is 0 Å². The molecular formula is C62H42N2. The summed E-state index contributed by atoms with van der Waals surface area (Å²) in [4.78, 5) is 5.42. The largest absolute Gasteiger partial charge is 0.321 e. The number of benzene rings is 12. The van der Waals surface area contributed by atoms with Crippen LogP contribution in [0.2, 0.25) is 0 Å². The molecule has 2 heteroatoms. The molecule has 1 unspecified atom stereocenters. The first kappa shape index (κ1) is 37.6. The highest BCUT2D eigenvalue weighted by atomic mass is 14.7. The molecule has 2 N–H and O–H groups in total. The van der Waals surface area contributed by atoms with Crippen LogP contribution in [-0.2, 0) is 0 Å². The van der Waals surface area contributed by atoms with Gasteiger partial charge in [-0.2, -0.15) is 0 Å². The van der Waals surface area contributed by atoms with Gasteiger partial charge in [0.15, 0.2) is 0 Å². The van der Waals surface area contributed by atoms with Crippen molar-refractivity contribution in [2.45, 2.75) is 6.04 Å². The molecule has 300 valence electrons. The van der Waals surface area contributed by atoms with Crippen molar-refractivity contribution in [3.8, 4) is 22.3 Å². The maximum Gasteiger partial charge on any atom is 0.0687 e. The van der Waals surface area contributed by atoms with Crippen molar-refractivity contribution in [2.75, 3.05) is 0 Å². The molecule has 0 aliphatic rings. The highest BCUT2D eigenvalue weighted by Crippen LogP contribution is 2.43. The molecule has 0 bridgehead atoms. The van der Waals surface area contributed by atoms with E-state index < -0.39 is 6.04 Å². The Morgan fingerprint density at radius 1 is 0.391 bits per heavy atom. The Labute approximate surface area is 371 Å². The van der Waals surface area contributed by atoms with Crippen LogP contribution in [0.5, 0.6) is 0 Å². The molecule has 0 aliphatic heterocycles. The average Bonchev–Trinajstić information content (AvgIpc) is 3.37. The minimum absolute atomic E-state index is 0.440. The fourth-order valence-electron chi connectivity index (χ4n) is 10.1. The van der Waals surface area contributed by atoms with Crippen LogP contribution in [0.3, 0.4) is 0 Å². The smallest absolute Gasteiger partial charge is 0.0687 e. The summed E-state index contributed by atoms with van der Waals surface area (Å²) >= 11 is 0. The first-order chi connectivity index (χ1) is 31.7. The molecule has 0 amide bonds. The number of nitrogens with zero attached hydrogens (tertiary/aromatic N) is 1. The molecule has 64 heavy (non-hydrogen) atoms. The quantitative estimate of drug-likeness (QED) is 0.0971. The third-order valence-electron chi connectivity index (χ3n) is 13.1.